The van der Waals surface area contributed by atoms with Crippen LogP contribution in [0, 0.1) is 5.92 Å². The van der Waals surface area contributed by atoms with Gasteiger partial charge in [0, 0.05) is 17.0 Å². The lowest BCUT2D eigenvalue weighted by atomic mass is 10.0. The van der Waals surface area contributed by atoms with Gasteiger partial charge >= 0.3 is 0 Å². The molecule has 1 aliphatic carbocycles. The second-order valence-corrected chi connectivity index (χ2v) is 5.67. The molecule has 2 unspecified atom stereocenters. The lowest BCUT2D eigenvalue weighted by molar-refractivity contribution is 0.0135. The molecule has 1 aliphatic rings. The maximum Gasteiger partial charge on any atom is 0.134 e. The molecule has 2 aromatic rings. The first-order valence-electron chi connectivity index (χ1n) is 6.99. The third-order valence-electron chi connectivity index (χ3n) is 3.76. The number of hydrazine groups is 1. The lowest BCUT2D eigenvalue weighted by Gasteiger charge is -2.24. The highest BCUT2D eigenvalue weighted by atomic mass is 35.5. The molecular weight excluding hydrogens is 276 g/mol. The molecule has 0 spiro atoms. The van der Waals surface area contributed by atoms with Gasteiger partial charge in [0.05, 0.1) is 6.10 Å². The smallest absolute Gasteiger partial charge is 0.134 e. The molecule has 20 heavy (non-hydrogen) atoms. The second-order valence-electron chi connectivity index (χ2n) is 5.23. The highest BCUT2D eigenvalue weighted by molar-refractivity contribution is 6.31. The summed E-state index contributed by atoms with van der Waals surface area (Å²) in [4.78, 5) is 0. The van der Waals surface area contributed by atoms with Gasteiger partial charge in [-0.15, -0.1) is 0 Å². The van der Waals surface area contributed by atoms with Crippen LogP contribution in [0.3, 0.4) is 0 Å². The Morgan fingerprint density at radius 3 is 2.90 bits per heavy atom. The van der Waals surface area contributed by atoms with Gasteiger partial charge in [-0.25, -0.2) is 5.43 Å². The Balaban J connectivity index is 1.93. The first kappa shape index (κ1) is 13.9. The number of ether oxygens (including phenoxy) is 1. The van der Waals surface area contributed by atoms with Crippen LogP contribution >= 0.6 is 11.6 Å². The Hall–Kier alpha value is -1.07. The first-order chi connectivity index (χ1) is 9.72. The van der Waals surface area contributed by atoms with Gasteiger partial charge in [0.25, 0.3) is 0 Å². The maximum absolute atomic E-state index is 6.01. The molecule has 5 heteroatoms. The predicted molar refractivity (Wildman–Crippen MR) is 79.4 cm³/mol. The molecule has 108 valence electrons. The number of halogens is 1. The van der Waals surface area contributed by atoms with Crippen molar-refractivity contribution in [3.05, 3.63) is 35.0 Å². The van der Waals surface area contributed by atoms with Crippen LogP contribution in [0.2, 0.25) is 5.02 Å². The summed E-state index contributed by atoms with van der Waals surface area (Å²) in [6.07, 6.45) is 2.44. The van der Waals surface area contributed by atoms with Gasteiger partial charge in [-0.05, 0) is 49.9 Å². The van der Waals surface area contributed by atoms with Crippen LogP contribution in [0.5, 0.6) is 0 Å². The number of nitrogens with one attached hydrogen (secondary N) is 1. The summed E-state index contributed by atoms with van der Waals surface area (Å²) in [6.45, 7) is 2.67. The fraction of sp³-hybridized carbons (Fsp3) is 0.467. The van der Waals surface area contributed by atoms with Crippen molar-refractivity contribution in [2.75, 3.05) is 6.61 Å². The number of rotatable bonds is 6. The number of hydrogen-bond donors (Lipinski definition) is 2. The fourth-order valence-corrected chi connectivity index (χ4v) is 2.83. The third-order valence-corrected chi connectivity index (χ3v) is 3.99. The van der Waals surface area contributed by atoms with Crippen LogP contribution in [0.1, 0.15) is 31.6 Å². The van der Waals surface area contributed by atoms with Crippen molar-refractivity contribution >= 4 is 22.6 Å². The Morgan fingerprint density at radius 1 is 1.45 bits per heavy atom. The molecule has 1 aromatic carbocycles. The summed E-state index contributed by atoms with van der Waals surface area (Å²) in [7, 11) is 0. The molecule has 0 amide bonds. The zero-order valence-corrected chi connectivity index (χ0v) is 12.2. The van der Waals surface area contributed by atoms with Gasteiger partial charge in [-0.1, -0.05) is 11.6 Å². The normalized spacial score (nSPS) is 18.4. The van der Waals surface area contributed by atoms with E-state index in [0.29, 0.717) is 17.5 Å². The molecule has 3 N–H and O–H groups in total. The fourth-order valence-electron chi connectivity index (χ4n) is 2.65. The summed E-state index contributed by atoms with van der Waals surface area (Å²) in [5.41, 5.74) is 3.66. The molecular formula is C15H19ClN2O2. The predicted octanol–water partition coefficient (Wildman–Crippen LogP) is 3.41. The van der Waals surface area contributed by atoms with E-state index in [-0.39, 0.29) is 12.1 Å². The van der Waals surface area contributed by atoms with E-state index in [1.165, 1.54) is 12.8 Å². The van der Waals surface area contributed by atoms with Crippen LogP contribution in [0.25, 0.3) is 11.0 Å². The molecule has 4 nitrogen and oxygen atoms in total. The standard InChI is InChI=1S/C15H19ClN2O2/c1-2-19-15(9-3-4-9)14(18-17)13-8-10-7-11(16)5-6-12(10)20-13/h5-9,14-15,18H,2-4,17H2,1H3. The largest absolute Gasteiger partial charge is 0.459 e. The van der Waals surface area contributed by atoms with Gasteiger partial charge in [-0.2, -0.15) is 0 Å². The summed E-state index contributed by atoms with van der Waals surface area (Å²) < 4.78 is 11.8. The molecule has 1 saturated carbocycles. The maximum atomic E-state index is 6.01. The molecule has 0 aliphatic heterocycles. The van der Waals surface area contributed by atoms with E-state index in [9.17, 15) is 0 Å². The second kappa shape index (κ2) is 5.74. The highest BCUT2D eigenvalue weighted by Crippen LogP contribution is 2.40. The van der Waals surface area contributed by atoms with Crippen LogP contribution < -0.4 is 11.3 Å². The number of furan rings is 1. The minimum atomic E-state index is -0.131. The minimum absolute atomic E-state index is 0.0565. The van der Waals surface area contributed by atoms with Crippen molar-refractivity contribution in [3.63, 3.8) is 0 Å². The van der Waals surface area contributed by atoms with Crippen molar-refractivity contribution in [2.45, 2.75) is 31.9 Å². The minimum Gasteiger partial charge on any atom is -0.459 e. The molecule has 3 rings (SSSR count). The molecule has 1 heterocycles. The summed E-state index contributed by atoms with van der Waals surface area (Å²) in [6, 6.07) is 7.45. The Labute approximate surface area is 123 Å². The van der Waals surface area contributed by atoms with E-state index in [4.69, 9.17) is 26.6 Å². The molecule has 1 aromatic heterocycles. The molecule has 0 radical (unpaired) electrons. The topological polar surface area (TPSA) is 60.4 Å². The average molecular weight is 295 g/mol. The first-order valence-corrected chi connectivity index (χ1v) is 7.37. The van der Waals surface area contributed by atoms with Crippen LogP contribution in [0.15, 0.2) is 28.7 Å². The summed E-state index contributed by atoms with van der Waals surface area (Å²) >= 11 is 6.01. The lowest BCUT2D eigenvalue weighted by Crippen LogP contribution is -2.39. The SMILES string of the molecule is CCOC(C1CC1)C(NN)c1cc2cc(Cl)ccc2o1. The van der Waals surface area contributed by atoms with E-state index < -0.39 is 0 Å². The average Bonchev–Trinajstić information content (AvgIpc) is 3.19. The van der Waals surface area contributed by atoms with E-state index in [1.54, 1.807) is 0 Å². The molecule has 2 atom stereocenters. The number of hydrogen-bond acceptors (Lipinski definition) is 4. The van der Waals surface area contributed by atoms with Gasteiger partial charge in [0.1, 0.15) is 17.4 Å². The van der Waals surface area contributed by atoms with Crippen molar-refractivity contribution < 1.29 is 9.15 Å². The van der Waals surface area contributed by atoms with E-state index in [1.807, 2.05) is 31.2 Å². The Morgan fingerprint density at radius 2 is 2.25 bits per heavy atom. The molecule has 0 bridgehead atoms. The van der Waals surface area contributed by atoms with E-state index >= 15 is 0 Å². The summed E-state index contributed by atoms with van der Waals surface area (Å²) in [5, 5.41) is 1.68. The van der Waals surface area contributed by atoms with Gasteiger partial charge in [0.2, 0.25) is 0 Å². The van der Waals surface area contributed by atoms with Gasteiger partial charge in [0.15, 0.2) is 0 Å². The number of nitrogens with two attached hydrogens (primary N) is 1. The quantitative estimate of drug-likeness (QED) is 0.633. The Kier molecular flexibility index (Phi) is 3.98. The zero-order valence-electron chi connectivity index (χ0n) is 11.4. The molecule has 0 saturated heterocycles. The van der Waals surface area contributed by atoms with Gasteiger partial charge in [-0.3, -0.25) is 5.84 Å². The van der Waals surface area contributed by atoms with Crippen molar-refractivity contribution in [2.24, 2.45) is 11.8 Å². The van der Waals surface area contributed by atoms with Crippen molar-refractivity contribution in [3.8, 4) is 0 Å². The van der Waals surface area contributed by atoms with E-state index in [2.05, 4.69) is 5.43 Å². The van der Waals surface area contributed by atoms with E-state index in [0.717, 1.165) is 16.7 Å². The highest BCUT2D eigenvalue weighted by Gasteiger charge is 2.39. The summed E-state index contributed by atoms with van der Waals surface area (Å²) in [5.74, 6) is 7.10. The van der Waals surface area contributed by atoms with Crippen molar-refractivity contribution in [1.29, 1.82) is 0 Å². The number of benzene rings is 1. The van der Waals surface area contributed by atoms with Gasteiger partial charge < -0.3 is 9.15 Å². The monoisotopic (exact) mass is 294 g/mol. The van der Waals surface area contributed by atoms with Crippen LogP contribution in [0.4, 0.5) is 0 Å². The van der Waals surface area contributed by atoms with Crippen LogP contribution in [-0.2, 0) is 4.74 Å². The third kappa shape index (κ3) is 2.69. The zero-order chi connectivity index (χ0) is 14.1. The van der Waals surface area contributed by atoms with Crippen LogP contribution in [-0.4, -0.2) is 12.7 Å². The van der Waals surface area contributed by atoms with Crippen molar-refractivity contribution in [1.82, 2.24) is 5.43 Å². The number of fused-ring (bicyclic) bond motifs is 1. The Bertz CT molecular complexity index is 595. The molecule has 1 fully saturated rings.